The van der Waals surface area contributed by atoms with Gasteiger partial charge in [-0.25, -0.2) is 0 Å². The summed E-state index contributed by atoms with van der Waals surface area (Å²) in [5, 5.41) is 2.90. The Kier molecular flexibility index (Phi) is 5.36. The largest absolute Gasteiger partial charge is 0.497 e. The van der Waals surface area contributed by atoms with Gasteiger partial charge in [-0.3, -0.25) is 4.79 Å². The van der Waals surface area contributed by atoms with E-state index in [1.807, 2.05) is 45.0 Å². The number of hydrogen-bond donors (Lipinski definition) is 1. The summed E-state index contributed by atoms with van der Waals surface area (Å²) in [6.07, 6.45) is -0.179. The molecule has 0 heterocycles. The predicted molar refractivity (Wildman–Crippen MR) is 75.2 cm³/mol. The molecule has 0 aliphatic heterocycles. The first-order valence-electron chi connectivity index (χ1n) is 6.33. The summed E-state index contributed by atoms with van der Waals surface area (Å²) in [7, 11) is 3.26. The summed E-state index contributed by atoms with van der Waals surface area (Å²) in [6, 6.07) is 7.66. The van der Waals surface area contributed by atoms with Crippen LogP contribution < -0.4 is 10.1 Å². The molecule has 19 heavy (non-hydrogen) atoms. The zero-order chi connectivity index (χ0) is 14.5. The van der Waals surface area contributed by atoms with Crippen molar-refractivity contribution in [3.63, 3.8) is 0 Å². The first-order valence-corrected chi connectivity index (χ1v) is 6.33. The number of ether oxygens (including phenoxy) is 2. The van der Waals surface area contributed by atoms with Crippen molar-refractivity contribution in [1.82, 2.24) is 5.32 Å². The lowest BCUT2D eigenvalue weighted by Crippen LogP contribution is -2.37. The van der Waals surface area contributed by atoms with Crippen molar-refractivity contribution >= 4 is 5.91 Å². The first kappa shape index (κ1) is 15.5. The third kappa shape index (κ3) is 4.56. The smallest absolute Gasteiger partial charge is 0.225 e. The van der Waals surface area contributed by atoms with Gasteiger partial charge >= 0.3 is 0 Å². The monoisotopic (exact) mass is 265 g/mol. The number of rotatable bonds is 5. The van der Waals surface area contributed by atoms with Gasteiger partial charge in [0.25, 0.3) is 0 Å². The van der Waals surface area contributed by atoms with Crippen LogP contribution in [0.5, 0.6) is 5.75 Å². The summed E-state index contributed by atoms with van der Waals surface area (Å²) in [5.74, 6) is 0.791. The van der Waals surface area contributed by atoms with Gasteiger partial charge in [-0.1, -0.05) is 32.9 Å². The molecule has 0 aromatic heterocycles. The number of carbonyl (C=O) groups is 1. The highest BCUT2D eigenvalue weighted by Gasteiger charge is 2.22. The second-order valence-corrected chi connectivity index (χ2v) is 5.46. The van der Waals surface area contributed by atoms with Crippen LogP contribution in [0.1, 0.15) is 32.4 Å². The number of benzene rings is 1. The third-order valence-electron chi connectivity index (χ3n) is 2.88. The summed E-state index contributed by atoms with van der Waals surface area (Å²) in [6.45, 7) is 6.10. The Morgan fingerprint density at radius 2 is 2.00 bits per heavy atom. The van der Waals surface area contributed by atoms with Gasteiger partial charge in [0.1, 0.15) is 5.75 Å². The van der Waals surface area contributed by atoms with Gasteiger partial charge in [0, 0.05) is 19.1 Å². The minimum absolute atomic E-state index is 0.0115. The molecule has 4 nitrogen and oxygen atoms in total. The van der Waals surface area contributed by atoms with E-state index in [2.05, 4.69) is 5.32 Å². The highest BCUT2D eigenvalue weighted by molar-refractivity contribution is 5.81. The van der Waals surface area contributed by atoms with Crippen LogP contribution in [0.4, 0.5) is 0 Å². The van der Waals surface area contributed by atoms with E-state index >= 15 is 0 Å². The fourth-order valence-corrected chi connectivity index (χ4v) is 1.63. The van der Waals surface area contributed by atoms with Gasteiger partial charge in [-0.2, -0.15) is 0 Å². The van der Waals surface area contributed by atoms with Crippen LogP contribution in [0.25, 0.3) is 0 Å². The molecule has 1 amide bonds. The summed E-state index contributed by atoms with van der Waals surface area (Å²) < 4.78 is 10.6. The van der Waals surface area contributed by atoms with Crippen LogP contribution in [-0.2, 0) is 9.53 Å². The molecule has 1 aromatic rings. The Hall–Kier alpha value is -1.55. The minimum Gasteiger partial charge on any atom is -0.497 e. The molecule has 1 N–H and O–H groups in total. The van der Waals surface area contributed by atoms with Crippen molar-refractivity contribution in [1.29, 1.82) is 0 Å². The van der Waals surface area contributed by atoms with Gasteiger partial charge in [-0.05, 0) is 17.7 Å². The molecule has 0 radical (unpaired) electrons. The maximum absolute atomic E-state index is 11.8. The molecule has 1 atom stereocenters. The lowest BCUT2D eigenvalue weighted by atomic mass is 9.95. The Labute approximate surface area is 115 Å². The minimum atomic E-state index is -0.396. The fraction of sp³-hybridized carbons (Fsp3) is 0.533. The highest BCUT2D eigenvalue weighted by atomic mass is 16.5. The predicted octanol–water partition coefficient (Wildman–Crippen LogP) is 2.55. The number of carbonyl (C=O) groups excluding carboxylic acids is 1. The quantitative estimate of drug-likeness (QED) is 0.890. The highest BCUT2D eigenvalue weighted by Crippen LogP contribution is 2.21. The molecule has 0 aliphatic carbocycles. The van der Waals surface area contributed by atoms with Crippen molar-refractivity contribution < 1.29 is 14.3 Å². The Morgan fingerprint density at radius 3 is 2.53 bits per heavy atom. The molecule has 4 heteroatoms. The molecule has 0 saturated carbocycles. The molecule has 106 valence electrons. The fourth-order valence-electron chi connectivity index (χ4n) is 1.63. The van der Waals surface area contributed by atoms with E-state index in [9.17, 15) is 4.79 Å². The average molecular weight is 265 g/mol. The van der Waals surface area contributed by atoms with E-state index in [-0.39, 0.29) is 12.0 Å². The van der Waals surface area contributed by atoms with Crippen LogP contribution >= 0.6 is 0 Å². The zero-order valence-electron chi connectivity index (χ0n) is 12.3. The standard InChI is InChI=1S/C15H23NO3/c1-15(2,3)14(17)16-10-13(19-5)11-7-6-8-12(9-11)18-4/h6-9,13H,10H2,1-5H3,(H,16,17)/t13-/m1/s1. The van der Waals surface area contributed by atoms with Crippen molar-refractivity contribution in [2.24, 2.45) is 5.41 Å². The average Bonchev–Trinajstić information content (AvgIpc) is 2.38. The summed E-state index contributed by atoms with van der Waals surface area (Å²) in [4.78, 5) is 11.8. The Bertz CT molecular complexity index is 424. The van der Waals surface area contributed by atoms with Crippen LogP contribution in [0.3, 0.4) is 0 Å². The van der Waals surface area contributed by atoms with E-state index in [0.717, 1.165) is 11.3 Å². The lowest BCUT2D eigenvalue weighted by Gasteiger charge is -2.21. The van der Waals surface area contributed by atoms with E-state index in [4.69, 9.17) is 9.47 Å². The molecule has 0 aliphatic rings. The van der Waals surface area contributed by atoms with Crippen molar-refractivity contribution in [3.05, 3.63) is 29.8 Å². The van der Waals surface area contributed by atoms with Gasteiger partial charge in [0.2, 0.25) is 5.91 Å². The second kappa shape index (κ2) is 6.57. The molecule has 0 spiro atoms. The van der Waals surface area contributed by atoms with E-state index in [0.29, 0.717) is 6.54 Å². The summed E-state index contributed by atoms with van der Waals surface area (Å²) >= 11 is 0. The van der Waals surface area contributed by atoms with Crippen LogP contribution in [0.15, 0.2) is 24.3 Å². The van der Waals surface area contributed by atoms with E-state index in [1.54, 1.807) is 14.2 Å². The SMILES string of the molecule is COc1cccc([C@@H](CNC(=O)C(C)(C)C)OC)c1. The van der Waals surface area contributed by atoms with Crippen molar-refractivity contribution in [2.75, 3.05) is 20.8 Å². The van der Waals surface area contributed by atoms with Crippen LogP contribution in [0, 0.1) is 5.41 Å². The zero-order valence-corrected chi connectivity index (χ0v) is 12.3. The van der Waals surface area contributed by atoms with Gasteiger partial charge in [0.05, 0.1) is 13.2 Å². The maximum Gasteiger partial charge on any atom is 0.225 e. The normalized spacial score (nSPS) is 12.9. The molecule has 1 aromatic carbocycles. The molecule has 0 fully saturated rings. The maximum atomic E-state index is 11.8. The van der Waals surface area contributed by atoms with Gasteiger partial charge in [0.15, 0.2) is 0 Å². The topological polar surface area (TPSA) is 47.6 Å². The third-order valence-corrected chi connectivity index (χ3v) is 2.88. The molecule has 0 unspecified atom stereocenters. The number of methoxy groups -OCH3 is 2. The number of hydrogen-bond acceptors (Lipinski definition) is 3. The first-order chi connectivity index (χ1) is 8.88. The van der Waals surface area contributed by atoms with Crippen molar-refractivity contribution in [3.8, 4) is 5.75 Å². The van der Waals surface area contributed by atoms with E-state index in [1.165, 1.54) is 0 Å². The second-order valence-electron chi connectivity index (χ2n) is 5.46. The molecule has 0 bridgehead atoms. The summed E-state index contributed by atoms with van der Waals surface area (Å²) in [5.41, 5.74) is 0.586. The van der Waals surface area contributed by atoms with Crippen molar-refractivity contribution in [2.45, 2.75) is 26.9 Å². The van der Waals surface area contributed by atoms with Gasteiger partial charge < -0.3 is 14.8 Å². The molecular formula is C15H23NO3. The lowest BCUT2D eigenvalue weighted by molar-refractivity contribution is -0.129. The molecule has 1 rings (SSSR count). The number of nitrogens with one attached hydrogen (secondary N) is 1. The van der Waals surface area contributed by atoms with Gasteiger partial charge in [-0.15, -0.1) is 0 Å². The van der Waals surface area contributed by atoms with E-state index < -0.39 is 5.41 Å². The Balaban J connectivity index is 2.70. The van der Waals surface area contributed by atoms with Crippen LogP contribution in [0.2, 0.25) is 0 Å². The molecule has 0 saturated heterocycles. The Morgan fingerprint density at radius 1 is 1.32 bits per heavy atom. The molecular weight excluding hydrogens is 242 g/mol. The van der Waals surface area contributed by atoms with Crippen LogP contribution in [-0.4, -0.2) is 26.7 Å². The number of amides is 1.